The average Bonchev–Trinajstić information content (AvgIpc) is 2.70. The molecule has 0 saturated carbocycles. The fourth-order valence-electron chi connectivity index (χ4n) is 2.84. The van der Waals surface area contributed by atoms with Crippen LogP contribution in [0.15, 0.2) is 12.1 Å². The van der Waals surface area contributed by atoms with Gasteiger partial charge in [-0.15, -0.1) is 0 Å². The van der Waals surface area contributed by atoms with E-state index in [4.69, 9.17) is 244 Å². The molecule has 1 aromatic carbocycles. The summed E-state index contributed by atoms with van der Waals surface area (Å²) in [4.78, 5) is 0. The van der Waals surface area contributed by atoms with Crippen LogP contribution in [-0.2, 0) is 24.5 Å². The Morgan fingerprint density at radius 1 is 0.436 bits per heavy atom. The van der Waals surface area contributed by atoms with Crippen LogP contribution in [-0.4, -0.2) is 31.0 Å². The third kappa shape index (κ3) is 7.95. The van der Waals surface area contributed by atoms with Crippen molar-refractivity contribution in [2.45, 2.75) is 43.8 Å². The molecule has 0 saturated heterocycles. The van der Waals surface area contributed by atoms with Crippen molar-refractivity contribution in [1.82, 2.24) is 0 Å². The van der Waals surface area contributed by atoms with Gasteiger partial charge < -0.3 is 0 Å². The van der Waals surface area contributed by atoms with E-state index in [1.54, 1.807) is 0 Å². The Morgan fingerprint density at radius 3 is 0.923 bits per heavy atom. The Morgan fingerprint density at radius 2 is 0.692 bits per heavy atom. The van der Waals surface area contributed by atoms with Gasteiger partial charge in [0.2, 0.25) is 24.4 Å². The van der Waals surface area contributed by atoms with Gasteiger partial charge in [0.15, 0.2) is 13.0 Å². The Kier molecular flexibility index (Phi) is 14.8. The lowest BCUT2D eigenvalue weighted by atomic mass is 9.88. The lowest BCUT2D eigenvalue weighted by Gasteiger charge is -2.44. The molecule has 0 aliphatic rings. The predicted molar refractivity (Wildman–Crippen MR) is 180 cm³/mol. The van der Waals surface area contributed by atoms with Crippen LogP contribution in [0.2, 0.25) is 0 Å². The first-order valence-electron chi connectivity index (χ1n) is 9.02. The van der Waals surface area contributed by atoms with Crippen molar-refractivity contribution in [3.05, 3.63) is 34.4 Å². The van der Waals surface area contributed by atoms with Crippen molar-refractivity contribution in [2.24, 2.45) is 0 Å². The standard InChI is InChI=1S/C17H6Cl21O/c18-9(19,12(24,25)15(30,31)32)5-3-7(10(20,21)13(26,27)16(33,34)35)6(1-2-39)8(4-5)11(22,23)14(28,29)17(36,37)38/h3-4H,1-2H2. The molecule has 227 valence electrons. The zero-order valence-electron chi connectivity index (χ0n) is 17.4. The Labute approximate surface area is 329 Å². The van der Waals surface area contributed by atoms with E-state index < -0.39 is 67.1 Å². The first-order valence-corrected chi connectivity index (χ1v) is 17.0. The minimum atomic E-state index is -2.70. The lowest BCUT2D eigenvalue weighted by Crippen LogP contribution is -2.49. The van der Waals surface area contributed by atoms with Crippen LogP contribution >= 0.6 is 244 Å². The normalized spacial score (nSPS) is 15.6. The number of halogens is 21. The van der Waals surface area contributed by atoms with E-state index >= 15 is 0 Å². The van der Waals surface area contributed by atoms with Gasteiger partial charge in [-0.3, -0.25) is 0 Å². The highest BCUT2D eigenvalue weighted by Crippen LogP contribution is 2.66. The van der Waals surface area contributed by atoms with Crippen molar-refractivity contribution in [1.29, 1.82) is 0 Å². The highest BCUT2D eigenvalue weighted by molar-refractivity contribution is 6.80. The van der Waals surface area contributed by atoms with Gasteiger partial charge in [0.25, 0.3) is 0 Å². The lowest BCUT2D eigenvalue weighted by molar-refractivity contribution is 0.196. The molecule has 39 heavy (non-hydrogen) atoms. The average molecular weight is 971 g/mol. The van der Waals surface area contributed by atoms with E-state index in [2.05, 4.69) is 0 Å². The highest BCUT2D eigenvalue weighted by Gasteiger charge is 2.66. The zero-order chi connectivity index (χ0) is 31.6. The van der Waals surface area contributed by atoms with E-state index in [1.165, 1.54) is 0 Å². The van der Waals surface area contributed by atoms with Crippen LogP contribution in [0.4, 0.5) is 0 Å². The third-order valence-corrected chi connectivity index (χ3v) is 16.7. The number of hydrogen-bond acceptors (Lipinski definition) is 0. The van der Waals surface area contributed by atoms with E-state index in [9.17, 15) is 5.11 Å². The maximum Gasteiger partial charge on any atom is 0.226 e. The summed E-state index contributed by atoms with van der Waals surface area (Å²) in [5.74, 6) is 0. The molecule has 0 aromatic heterocycles. The summed E-state index contributed by atoms with van der Waals surface area (Å²) in [5, 5.41) is 11.9. The summed E-state index contributed by atoms with van der Waals surface area (Å²) in [6, 6.07) is 2.01. The number of hydrogen-bond donors (Lipinski definition) is 0. The molecular formula is C17H6Cl21O. The Hall–Kier alpha value is 5.27. The van der Waals surface area contributed by atoms with E-state index in [-0.39, 0.29) is 5.56 Å². The van der Waals surface area contributed by atoms with Crippen molar-refractivity contribution >= 4 is 244 Å². The molecule has 1 radical (unpaired) electrons. The van der Waals surface area contributed by atoms with Gasteiger partial charge >= 0.3 is 0 Å². The Balaban J connectivity index is 4.51. The number of rotatable bonds is 8. The minimum Gasteiger partial charge on any atom is -0.236 e. The van der Waals surface area contributed by atoms with Crippen molar-refractivity contribution in [3.8, 4) is 0 Å². The van der Waals surface area contributed by atoms with Gasteiger partial charge in [0.05, 0.1) is 6.61 Å². The van der Waals surface area contributed by atoms with Crippen LogP contribution < -0.4 is 0 Å². The molecule has 0 aliphatic carbocycles. The molecule has 1 nitrogen and oxygen atoms in total. The van der Waals surface area contributed by atoms with Crippen molar-refractivity contribution < 1.29 is 5.11 Å². The summed E-state index contributed by atoms with van der Waals surface area (Å²) in [7, 11) is 0. The van der Waals surface area contributed by atoms with E-state index in [0.717, 1.165) is 12.1 Å². The minimum absolute atomic E-state index is 0.226. The highest BCUT2D eigenvalue weighted by atomic mass is 35.6. The van der Waals surface area contributed by atoms with Gasteiger partial charge in [-0.05, 0) is 40.8 Å². The van der Waals surface area contributed by atoms with Gasteiger partial charge in [0.1, 0.15) is 0 Å². The van der Waals surface area contributed by atoms with E-state index in [1.807, 2.05) is 0 Å². The first-order chi connectivity index (χ1) is 16.8. The molecule has 0 N–H and O–H groups in total. The second-order valence-corrected chi connectivity index (χ2v) is 22.3. The molecule has 0 spiro atoms. The summed E-state index contributed by atoms with van der Waals surface area (Å²) in [6.45, 7) is -0.875. The summed E-state index contributed by atoms with van der Waals surface area (Å²) < 4.78 is -23.8. The number of alkyl halides is 21. The molecule has 22 heteroatoms. The molecule has 0 bridgehead atoms. The van der Waals surface area contributed by atoms with Gasteiger partial charge in [0, 0.05) is 0 Å². The van der Waals surface area contributed by atoms with Crippen LogP contribution in [0, 0.1) is 0 Å². The van der Waals surface area contributed by atoms with Crippen molar-refractivity contribution in [2.75, 3.05) is 6.61 Å². The topological polar surface area (TPSA) is 19.9 Å². The maximum atomic E-state index is 11.9. The second kappa shape index (κ2) is 13.6. The first kappa shape index (κ1) is 42.3. The van der Waals surface area contributed by atoms with Crippen LogP contribution in [0.25, 0.3) is 0 Å². The molecule has 0 fully saturated rings. The fraction of sp³-hybridized carbons (Fsp3) is 0.647. The molecule has 1 aromatic rings. The molecule has 0 amide bonds. The molecule has 0 heterocycles. The predicted octanol–water partition coefficient (Wildman–Crippen LogP) is 14.2. The quantitative estimate of drug-likeness (QED) is 0.231. The maximum absolute atomic E-state index is 11.9. The SMILES string of the molecule is [O]CCc1c(C(Cl)(Cl)C(Cl)(Cl)C(Cl)(Cl)Cl)cc(C(Cl)(Cl)C(Cl)(Cl)C(Cl)(Cl)Cl)cc1C(Cl)(Cl)C(Cl)(Cl)C(Cl)(Cl)Cl. The molecule has 0 aliphatic heterocycles. The van der Waals surface area contributed by atoms with Gasteiger partial charge in [-0.1, -0.05) is 244 Å². The van der Waals surface area contributed by atoms with Crippen molar-refractivity contribution in [3.63, 3.8) is 0 Å². The smallest absolute Gasteiger partial charge is 0.226 e. The second-order valence-electron chi connectivity index (χ2n) is 7.44. The summed E-state index contributed by atoms with van der Waals surface area (Å²) in [5.41, 5.74) is -1.52. The van der Waals surface area contributed by atoms with Crippen LogP contribution in [0.3, 0.4) is 0 Å². The fourth-order valence-corrected chi connectivity index (χ4v) is 7.35. The summed E-state index contributed by atoms with van der Waals surface area (Å²) in [6.07, 6.45) is -0.490. The molecular weight excluding hydrogens is 965 g/mol. The molecule has 0 atom stereocenters. The Bertz CT molecular complexity index is 983. The van der Waals surface area contributed by atoms with Gasteiger partial charge in [-0.25, -0.2) is 5.11 Å². The van der Waals surface area contributed by atoms with E-state index in [0.29, 0.717) is 0 Å². The monoisotopic (exact) mass is 960 g/mol. The van der Waals surface area contributed by atoms with Crippen LogP contribution in [0.1, 0.15) is 22.3 Å². The van der Waals surface area contributed by atoms with Gasteiger partial charge in [-0.2, -0.15) is 0 Å². The number of benzene rings is 1. The largest absolute Gasteiger partial charge is 0.236 e. The summed E-state index contributed by atoms with van der Waals surface area (Å²) >= 11 is 131. The molecule has 0 unspecified atom stereocenters. The molecule has 1 rings (SSSR count). The third-order valence-electron chi connectivity index (χ3n) is 4.89. The van der Waals surface area contributed by atoms with Crippen LogP contribution in [0.5, 0.6) is 0 Å². The zero-order valence-corrected chi connectivity index (χ0v) is 33.3.